The number of aromatic amines is 2. The average molecular weight is 320 g/mol. The summed E-state index contributed by atoms with van der Waals surface area (Å²) < 4.78 is 7.18. The fourth-order valence-corrected chi connectivity index (χ4v) is 3.21. The van der Waals surface area contributed by atoms with Crippen molar-refractivity contribution in [2.75, 3.05) is 0 Å². The lowest BCUT2D eigenvalue weighted by Gasteiger charge is -1.97. The fraction of sp³-hybridized carbons (Fsp3) is 0.0625. The smallest absolute Gasteiger partial charge is 0.254 e. The number of aromatic nitrogens is 5. The van der Waals surface area contributed by atoms with Gasteiger partial charge in [0.05, 0.1) is 22.7 Å². The van der Waals surface area contributed by atoms with Gasteiger partial charge >= 0.3 is 0 Å². The number of carbonyl (C=O) groups excluding carboxylic acids is 1. The Labute approximate surface area is 134 Å². The molecule has 5 aromatic rings. The zero-order chi connectivity index (χ0) is 16.4. The summed E-state index contributed by atoms with van der Waals surface area (Å²) in [5, 5.41) is 11.4. The minimum atomic E-state index is -0.567. The molecule has 0 aliphatic carbocycles. The number of nitrogens with one attached hydrogen (secondary N) is 2. The molecule has 0 bridgehead atoms. The SMILES string of the molecule is Cc1[nH]nc2ccc3nc4c(C(N)=O)c(-c5ccco5)[nH]n4c3c12. The molecule has 0 atom stereocenters. The number of imidazole rings is 1. The summed E-state index contributed by atoms with van der Waals surface area (Å²) in [6.07, 6.45) is 1.54. The molecule has 8 nitrogen and oxygen atoms in total. The highest BCUT2D eigenvalue weighted by atomic mass is 16.3. The number of furan rings is 1. The van der Waals surface area contributed by atoms with Gasteiger partial charge in [0.1, 0.15) is 16.8 Å². The van der Waals surface area contributed by atoms with Gasteiger partial charge in [-0.2, -0.15) is 5.10 Å². The minimum Gasteiger partial charge on any atom is -0.463 e. The van der Waals surface area contributed by atoms with E-state index in [1.807, 2.05) is 19.1 Å². The number of nitrogens with two attached hydrogens (primary N) is 1. The van der Waals surface area contributed by atoms with Crippen molar-refractivity contribution in [3.63, 3.8) is 0 Å². The predicted molar refractivity (Wildman–Crippen MR) is 87.7 cm³/mol. The van der Waals surface area contributed by atoms with Crippen LogP contribution in [0.1, 0.15) is 16.1 Å². The van der Waals surface area contributed by atoms with Gasteiger partial charge in [0, 0.05) is 5.69 Å². The number of rotatable bonds is 2. The van der Waals surface area contributed by atoms with E-state index < -0.39 is 5.91 Å². The van der Waals surface area contributed by atoms with Crippen LogP contribution < -0.4 is 5.73 Å². The van der Waals surface area contributed by atoms with E-state index in [4.69, 9.17) is 10.2 Å². The summed E-state index contributed by atoms with van der Waals surface area (Å²) in [5.41, 5.74) is 10.2. The minimum absolute atomic E-state index is 0.301. The van der Waals surface area contributed by atoms with Crippen LogP contribution in [0.3, 0.4) is 0 Å². The van der Waals surface area contributed by atoms with E-state index in [-0.39, 0.29) is 0 Å². The molecule has 5 rings (SSSR count). The number of fused-ring (bicyclic) bond motifs is 5. The van der Waals surface area contributed by atoms with Crippen molar-refractivity contribution in [2.24, 2.45) is 5.73 Å². The Balaban J connectivity index is 2.00. The number of aryl methyl sites for hydroxylation is 1. The van der Waals surface area contributed by atoms with Crippen LogP contribution in [0, 0.1) is 6.92 Å². The number of benzene rings is 1. The summed E-state index contributed by atoms with van der Waals surface area (Å²) in [7, 11) is 0. The molecule has 0 radical (unpaired) electrons. The van der Waals surface area contributed by atoms with Crippen LogP contribution in [0.25, 0.3) is 39.0 Å². The van der Waals surface area contributed by atoms with Gasteiger partial charge in [0.15, 0.2) is 11.4 Å². The number of carbonyl (C=O) groups is 1. The summed E-state index contributed by atoms with van der Waals surface area (Å²) in [6.45, 7) is 1.94. The zero-order valence-corrected chi connectivity index (χ0v) is 12.6. The molecule has 0 saturated carbocycles. The highest BCUT2D eigenvalue weighted by Gasteiger charge is 2.24. The molecule has 1 amide bonds. The van der Waals surface area contributed by atoms with Crippen molar-refractivity contribution in [2.45, 2.75) is 6.92 Å². The van der Waals surface area contributed by atoms with E-state index in [1.165, 1.54) is 0 Å². The fourth-order valence-electron chi connectivity index (χ4n) is 3.21. The van der Waals surface area contributed by atoms with Gasteiger partial charge in [-0.15, -0.1) is 0 Å². The maximum Gasteiger partial charge on any atom is 0.254 e. The van der Waals surface area contributed by atoms with Gasteiger partial charge < -0.3 is 10.2 Å². The van der Waals surface area contributed by atoms with Crippen molar-refractivity contribution in [1.82, 2.24) is 24.8 Å². The maximum absolute atomic E-state index is 12.0. The van der Waals surface area contributed by atoms with Crippen LogP contribution in [-0.2, 0) is 0 Å². The van der Waals surface area contributed by atoms with E-state index in [2.05, 4.69) is 20.3 Å². The first-order chi connectivity index (χ1) is 11.6. The number of primary amides is 1. The summed E-state index contributed by atoms with van der Waals surface area (Å²) in [6, 6.07) is 7.28. The molecular formula is C16H12N6O2. The van der Waals surface area contributed by atoms with Gasteiger partial charge in [-0.05, 0) is 31.2 Å². The standard InChI is InChI=1S/C16H12N6O2/c1-7-11-8(20-19-7)4-5-9-14(11)22-16(18-9)12(15(17)23)13(21-22)10-3-2-6-24-10/h2-6,21H,1H3,(H2,17,23)(H,19,20). The molecule has 8 heteroatoms. The van der Waals surface area contributed by atoms with Crippen LogP contribution in [0.4, 0.5) is 0 Å². The van der Waals surface area contributed by atoms with E-state index in [0.29, 0.717) is 22.7 Å². The van der Waals surface area contributed by atoms with Crippen molar-refractivity contribution in [1.29, 1.82) is 0 Å². The number of hydrogen-bond donors (Lipinski definition) is 3. The lowest BCUT2D eigenvalue weighted by atomic mass is 10.2. The second-order valence-electron chi connectivity index (χ2n) is 5.65. The van der Waals surface area contributed by atoms with E-state index in [9.17, 15) is 4.79 Å². The molecule has 0 spiro atoms. The van der Waals surface area contributed by atoms with Crippen molar-refractivity contribution >= 4 is 33.5 Å². The Morgan fingerprint density at radius 1 is 1.29 bits per heavy atom. The molecule has 0 fully saturated rings. The third kappa shape index (κ3) is 1.49. The van der Waals surface area contributed by atoms with Gasteiger partial charge in [0.25, 0.3) is 5.91 Å². The number of hydrogen-bond acceptors (Lipinski definition) is 4. The molecule has 0 unspecified atom stereocenters. The Morgan fingerprint density at radius 2 is 2.12 bits per heavy atom. The first kappa shape index (κ1) is 12.9. The van der Waals surface area contributed by atoms with Crippen molar-refractivity contribution < 1.29 is 9.21 Å². The molecule has 1 aromatic carbocycles. The Morgan fingerprint density at radius 3 is 2.88 bits per heavy atom. The second kappa shape index (κ2) is 4.25. The summed E-state index contributed by atoms with van der Waals surface area (Å²) in [5.74, 6) is -0.0401. The molecule has 118 valence electrons. The van der Waals surface area contributed by atoms with Gasteiger partial charge in [-0.3, -0.25) is 15.0 Å². The van der Waals surface area contributed by atoms with Crippen LogP contribution in [-0.4, -0.2) is 30.7 Å². The zero-order valence-electron chi connectivity index (χ0n) is 12.6. The largest absolute Gasteiger partial charge is 0.463 e. The Bertz CT molecular complexity index is 1240. The molecule has 4 N–H and O–H groups in total. The van der Waals surface area contributed by atoms with Crippen LogP contribution in [0.15, 0.2) is 34.9 Å². The quantitative estimate of drug-likeness (QED) is 0.462. The second-order valence-corrected chi connectivity index (χ2v) is 5.65. The normalized spacial score (nSPS) is 11.9. The number of H-pyrrole nitrogens is 2. The van der Waals surface area contributed by atoms with Crippen molar-refractivity contribution in [3.05, 3.63) is 41.8 Å². The van der Waals surface area contributed by atoms with Crippen LogP contribution >= 0.6 is 0 Å². The molecule has 0 aliphatic rings. The maximum atomic E-state index is 12.0. The highest BCUT2D eigenvalue weighted by Crippen LogP contribution is 2.32. The summed E-state index contributed by atoms with van der Waals surface area (Å²) in [4.78, 5) is 16.6. The average Bonchev–Trinajstić information content (AvgIpc) is 3.28. The van der Waals surface area contributed by atoms with E-state index in [1.54, 1.807) is 22.9 Å². The first-order valence-corrected chi connectivity index (χ1v) is 7.36. The molecule has 0 aliphatic heterocycles. The van der Waals surface area contributed by atoms with Crippen LogP contribution in [0.2, 0.25) is 0 Å². The number of amides is 1. The monoisotopic (exact) mass is 320 g/mol. The molecule has 4 heterocycles. The number of nitrogens with zero attached hydrogens (tertiary/aromatic N) is 3. The first-order valence-electron chi connectivity index (χ1n) is 7.36. The third-order valence-corrected chi connectivity index (χ3v) is 4.23. The lowest BCUT2D eigenvalue weighted by Crippen LogP contribution is -2.11. The predicted octanol–water partition coefficient (Wildman–Crippen LogP) is 2.36. The van der Waals surface area contributed by atoms with Gasteiger partial charge in [-0.1, -0.05) is 0 Å². The molecule has 0 saturated heterocycles. The topological polar surface area (TPSA) is 118 Å². The Kier molecular flexibility index (Phi) is 2.29. The molecule has 4 aromatic heterocycles. The van der Waals surface area contributed by atoms with Crippen molar-refractivity contribution in [3.8, 4) is 11.5 Å². The van der Waals surface area contributed by atoms with E-state index >= 15 is 0 Å². The molecule has 24 heavy (non-hydrogen) atoms. The van der Waals surface area contributed by atoms with Gasteiger partial charge in [0.2, 0.25) is 0 Å². The third-order valence-electron chi connectivity index (χ3n) is 4.23. The van der Waals surface area contributed by atoms with Crippen LogP contribution in [0.5, 0.6) is 0 Å². The van der Waals surface area contributed by atoms with E-state index in [0.717, 1.165) is 27.6 Å². The lowest BCUT2D eigenvalue weighted by molar-refractivity contribution is 0.100. The molecular weight excluding hydrogens is 308 g/mol. The summed E-state index contributed by atoms with van der Waals surface area (Å²) >= 11 is 0. The Hall–Kier alpha value is -3.55. The van der Waals surface area contributed by atoms with Gasteiger partial charge in [-0.25, -0.2) is 9.50 Å². The highest BCUT2D eigenvalue weighted by molar-refractivity contribution is 6.10.